The van der Waals surface area contributed by atoms with E-state index in [9.17, 15) is 8.42 Å². The van der Waals surface area contributed by atoms with E-state index in [-0.39, 0.29) is 5.75 Å². The minimum atomic E-state index is -3.08. The molecule has 98 valence electrons. The first-order chi connectivity index (χ1) is 8.62. The summed E-state index contributed by atoms with van der Waals surface area (Å²) in [5.74, 6) is 0.126. The van der Waals surface area contributed by atoms with Crippen LogP contribution in [0.25, 0.3) is 11.0 Å². The van der Waals surface area contributed by atoms with Gasteiger partial charge in [0.05, 0.1) is 23.1 Å². The molecule has 0 aliphatic heterocycles. The van der Waals surface area contributed by atoms with Crippen LogP contribution in [-0.2, 0) is 16.6 Å². The molecule has 0 spiro atoms. The van der Waals surface area contributed by atoms with Crippen molar-refractivity contribution in [2.45, 2.75) is 19.9 Å². The van der Waals surface area contributed by atoms with Crippen molar-refractivity contribution >= 4 is 21.1 Å². The molecule has 2 rings (SSSR count). The molecule has 0 saturated heterocycles. The van der Waals surface area contributed by atoms with E-state index in [0.29, 0.717) is 6.54 Å². The van der Waals surface area contributed by atoms with E-state index >= 15 is 0 Å². The fraction of sp³-hybridized carbons (Fsp3) is 0.417. The average molecular weight is 267 g/mol. The third-order valence-electron chi connectivity index (χ3n) is 2.81. The predicted octanol–water partition coefficient (Wildman–Crippen LogP) is 1.37. The van der Waals surface area contributed by atoms with E-state index in [2.05, 4.69) is 9.71 Å². The molecule has 1 aromatic carbocycles. The number of benzene rings is 1. The van der Waals surface area contributed by atoms with E-state index in [4.69, 9.17) is 0 Å². The van der Waals surface area contributed by atoms with Gasteiger partial charge >= 0.3 is 0 Å². The Hall–Kier alpha value is -1.40. The Morgan fingerprint density at radius 3 is 2.89 bits per heavy atom. The van der Waals surface area contributed by atoms with E-state index in [0.717, 1.165) is 24.0 Å². The van der Waals surface area contributed by atoms with Gasteiger partial charge in [0.25, 0.3) is 0 Å². The van der Waals surface area contributed by atoms with Gasteiger partial charge in [0.1, 0.15) is 0 Å². The maximum absolute atomic E-state index is 11.2. The van der Waals surface area contributed by atoms with Crippen molar-refractivity contribution in [1.29, 1.82) is 0 Å². The number of para-hydroxylation sites is 2. The van der Waals surface area contributed by atoms with Gasteiger partial charge in [0.2, 0.25) is 10.0 Å². The van der Waals surface area contributed by atoms with Crippen LogP contribution < -0.4 is 4.72 Å². The number of fused-ring (bicyclic) bond motifs is 1. The minimum Gasteiger partial charge on any atom is -0.331 e. The van der Waals surface area contributed by atoms with Crippen LogP contribution in [0.5, 0.6) is 0 Å². The Morgan fingerprint density at radius 2 is 2.11 bits per heavy atom. The molecule has 0 aliphatic rings. The number of imidazole rings is 1. The van der Waals surface area contributed by atoms with E-state index in [1.54, 1.807) is 13.3 Å². The molecule has 0 aliphatic carbocycles. The number of hydrogen-bond acceptors (Lipinski definition) is 3. The van der Waals surface area contributed by atoms with Crippen molar-refractivity contribution in [2.75, 3.05) is 12.3 Å². The molecule has 6 heteroatoms. The number of aromatic nitrogens is 2. The zero-order valence-electron chi connectivity index (χ0n) is 10.3. The van der Waals surface area contributed by atoms with Gasteiger partial charge in [0.15, 0.2) is 0 Å². The van der Waals surface area contributed by atoms with Crippen molar-refractivity contribution < 1.29 is 8.42 Å². The number of nitrogens with zero attached hydrogens (tertiary/aromatic N) is 2. The maximum atomic E-state index is 11.2. The van der Waals surface area contributed by atoms with Crippen molar-refractivity contribution in [3.05, 3.63) is 30.6 Å². The quantitative estimate of drug-likeness (QED) is 0.804. The Morgan fingerprint density at radius 1 is 1.33 bits per heavy atom. The van der Waals surface area contributed by atoms with Gasteiger partial charge < -0.3 is 4.57 Å². The number of nitrogens with one attached hydrogen (secondary N) is 1. The lowest BCUT2D eigenvalue weighted by atomic mass is 10.3. The van der Waals surface area contributed by atoms with E-state index in [1.165, 1.54) is 0 Å². The zero-order valence-corrected chi connectivity index (χ0v) is 11.2. The summed E-state index contributed by atoms with van der Waals surface area (Å²) in [6.07, 6.45) is 2.54. The van der Waals surface area contributed by atoms with Crippen LogP contribution >= 0.6 is 0 Å². The van der Waals surface area contributed by atoms with Gasteiger partial charge in [-0.05, 0) is 25.5 Å². The fourth-order valence-corrected chi connectivity index (χ4v) is 2.43. The zero-order chi connectivity index (χ0) is 13.0. The summed E-state index contributed by atoms with van der Waals surface area (Å²) in [7, 11) is -3.08. The van der Waals surface area contributed by atoms with Gasteiger partial charge in [-0.1, -0.05) is 12.1 Å². The monoisotopic (exact) mass is 267 g/mol. The molecule has 5 nitrogen and oxygen atoms in total. The molecule has 0 atom stereocenters. The molecule has 0 radical (unpaired) electrons. The molecular formula is C12H17N3O2S. The third-order valence-corrected chi connectivity index (χ3v) is 4.21. The molecule has 1 aromatic heterocycles. The second-order valence-electron chi connectivity index (χ2n) is 4.08. The molecule has 0 unspecified atom stereocenters. The Bertz CT molecular complexity index is 619. The topological polar surface area (TPSA) is 64.0 Å². The van der Waals surface area contributed by atoms with Crippen LogP contribution in [0, 0.1) is 0 Å². The first kappa shape index (κ1) is 13.0. The summed E-state index contributed by atoms with van der Waals surface area (Å²) in [4.78, 5) is 4.29. The van der Waals surface area contributed by atoms with E-state index < -0.39 is 10.0 Å². The summed E-state index contributed by atoms with van der Waals surface area (Å²) in [6, 6.07) is 7.90. The molecule has 18 heavy (non-hydrogen) atoms. The molecule has 0 amide bonds. The van der Waals surface area contributed by atoms with E-state index in [1.807, 2.05) is 28.8 Å². The molecule has 2 aromatic rings. The van der Waals surface area contributed by atoms with Crippen LogP contribution in [0.3, 0.4) is 0 Å². The van der Waals surface area contributed by atoms with Crippen LogP contribution in [0.4, 0.5) is 0 Å². The van der Waals surface area contributed by atoms with Crippen LogP contribution in [0.2, 0.25) is 0 Å². The minimum absolute atomic E-state index is 0.126. The average Bonchev–Trinajstić information content (AvgIpc) is 2.78. The summed E-state index contributed by atoms with van der Waals surface area (Å²) < 4.78 is 27.1. The number of rotatable bonds is 6. The summed E-state index contributed by atoms with van der Waals surface area (Å²) in [6.45, 7) is 2.85. The largest absolute Gasteiger partial charge is 0.331 e. The van der Waals surface area contributed by atoms with Gasteiger partial charge in [-0.25, -0.2) is 18.1 Å². The first-order valence-corrected chi connectivity index (χ1v) is 7.65. The molecular weight excluding hydrogens is 250 g/mol. The normalized spacial score (nSPS) is 12.1. The van der Waals surface area contributed by atoms with Crippen LogP contribution in [0.1, 0.15) is 13.3 Å². The van der Waals surface area contributed by atoms with Crippen molar-refractivity contribution in [1.82, 2.24) is 14.3 Å². The lowest BCUT2D eigenvalue weighted by Crippen LogP contribution is -2.26. The van der Waals surface area contributed by atoms with Crippen molar-refractivity contribution in [2.24, 2.45) is 0 Å². The lowest BCUT2D eigenvalue weighted by Gasteiger charge is -2.06. The fourth-order valence-electron chi connectivity index (χ4n) is 1.77. The number of aryl methyl sites for hydroxylation is 1. The van der Waals surface area contributed by atoms with Gasteiger partial charge in [-0.15, -0.1) is 0 Å². The molecule has 0 fully saturated rings. The van der Waals surface area contributed by atoms with Crippen LogP contribution in [-0.4, -0.2) is 30.3 Å². The summed E-state index contributed by atoms with van der Waals surface area (Å²) >= 11 is 0. The van der Waals surface area contributed by atoms with Crippen LogP contribution in [0.15, 0.2) is 30.6 Å². The summed E-state index contributed by atoms with van der Waals surface area (Å²) in [5.41, 5.74) is 2.04. The third kappa shape index (κ3) is 3.08. The molecule has 1 heterocycles. The maximum Gasteiger partial charge on any atom is 0.211 e. The molecule has 0 saturated carbocycles. The van der Waals surface area contributed by atoms with Crippen molar-refractivity contribution in [3.63, 3.8) is 0 Å². The summed E-state index contributed by atoms with van der Waals surface area (Å²) in [5, 5.41) is 0. The Labute approximate surface area is 107 Å². The highest BCUT2D eigenvalue weighted by Crippen LogP contribution is 2.11. The highest BCUT2D eigenvalue weighted by atomic mass is 32.2. The smallest absolute Gasteiger partial charge is 0.211 e. The van der Waals surface area contributed by atoms with Gasteiger partial charge in [-0.2, -0.15) is 0 Å². The highest BCUT2D eigenvalue weighted by Gasteiger charge is 2.05. The van der Waals surface area contributed by atoms with Gasteiger partial charge in [0, 0.05) is 13.1 Å². The van der Waals surface area contributed by atoms with Gasteiger partial charge in [-0.3, -0.25) is 0 Å². The second-order valence-corrected chi connectivity index (χ2v) is 6.17. The molecule has 0 bridgehead atoms. The Kier molecular flexibility index (Phi) is 3.98. The second kappa shape index (κ2) is 5.49. The van der Waals surface area contributed by atoms with Crippen molar-refractivity contribution in [3.8, 4) is 0 Å². The standard InChI is InChI=1S/C12H17N3O2S/c1-2-18(16,17)14-8-5-9-15-10-13-11-6-3-4-7-12(11)15/h3-4,6-7,10,14H,2,5,8-9H2,1H3. The number of sulfonamides is 1. The first-order valence-electron chi connectivity index (χ1n) is 5.99. The Balaban J connectivity index is 1.91. The molecule has 1 N–H and O–H groups in total. The number of hydrogen-bond donors (Lipinski definition) is 1. The SMILES string of the molecule is CCS(=O)(=O)NCCCn1cnc2ccccc21. The highest BCUT2D eigenvalue weighted by molar-refractivity contribution is 7.89. The lowest BCUT2D eigenvalue weighted by molar-refractivity contribution is 0.573. The predicted molar refractivity (Wildman–Crippen MR) is 71.8 cm³/mol.